The minimum Gasteiger partial charge on any atom is -0.352 e. The smallest absolute Gasteiger partial charge is 0.255 e. The third-order valence-electron chi connectivity index (χ3n) is 4.65. The lowest BCUT2D eigenvalue weighted by Gasteiger charge is -2.37. The van der Waals surface area contributed by atoms with Crippen LogP contribution in [-0.2, 0) is 11.3 Å². The van der Waals surface area contributed by atoms with E-state index in [4.69, 9.17) is 0 Å². The molecule has 1 fully saturated rings. The Morgan fingerprint density at radius 3 is 2.54 bits per heavy atom. The zero-order valence-corrected chi connectivity index (χ0v) is 17.6. The second kappa shape index (κ2) is 8.73. The van der Waals surface area contributed by atoms with Crippen molar-refractivity contribution in [2.24, 2.45) is 5.41 Å². The van der Waals surface area contributed by atoms with Gasteiger partial charge >= 0.3 is 0 Å². The van der Waals surface area contributed by atoms with Crippen LogP contribution in [0.25, 0.3) is 0 Å². The molecule has 1 aliphatic rings. The van der Waals surface area contributed by atoms with Crippen molar-refractivity contribution in [3.05, 3.63) is 46.3 Å². The van der Waals surface area contributed by atoms with Gasteiger partial charge in [0.1, 0.15) is 5.82 Å². The maximum absolute atomic E-state index is 12.7. The Morgan fingerprint density at radius 2 is 1.89 bits per heavy atom. The highest BCUT2D eigenvalue weighted by atomic mass is 32.1. The molecule has 28 heavy (non-hydrogen) atoms. The quantitative estimate of drug-likeness (QED) is 0.837. The Kier molecular flexibility index (Phi) is 6.34. The van der Waals surface area contributed by atoms with Crippen molar-refractivity contribution in [1.29, 1.82) is 0 Å². The Labute approximate surface area is 170 Å². The van der Waals surface area contributed by atoms with E-state index in [0.29, 0.717) is 50.5 Å². The number of nitrogens with one attached hydrogen (secondary N) is 1. The summed E-state index contributed by atoms with van der Waals surface area (Å²) in [5.41, 5.74) is 0.566. The predicted molar refractivity (Wildman–Crippen MR) is 113 cm³/mol. The van der Waals surface area contributed by atoms with Crippen molar-refractivity contribution in [2.75, 3.05) is 31.1 Å². The Morgan fingerprint density at radius 1 is 1.14 bits per heavy atom. The molecule has 0 unspecified atom stereocenters. The predicted octanol–water partition coefficient (Wildman–Crippen LogP) is 3.16. The van der Waals surface area contributed by atoms with Gasteiger partial charge in [0.15, 0.2) is 0 Å². The molecule has 1 aliphatic heterocycles. The molecule has 150 valence electrons. The monoisotopic (exact) mass is 400 g/mol. The fraction of sp³-hybridized carbons (Fsp3) is 0.476. The molecule has 7 heteroatoms. The summed E-state index contributed by atoms with van der Waals surface area (Å²) in [6.45, 7) is 9.42. The second-order valence-corrected chi connectivity index (χ2v) is 9.27. The highest BCUT2D eigenvalue weighted by Gasteiger charge is 2.27. The number of anilines is 1. The van der Waals surface area contributed by atoms with E-state index in [-0.39, 0.29) is 17.2 Å². The zero-order valence-electron chi connectivity index (χ0n) is 16.8. The van der Waals surface area contributed by atoms with Crippen molar-refractivity contribution in [3.63, 3.8) is 0 Å². The molecule has 0 aliphatic carbocycles. The van der Waals surface area contributed by atoms with Crippen molar-refractivity contribution in [2.45, 2.75) is 33.7 Å². The topological polar surface area (TPSA) is 65.5 Å². The minimum absolute atomic E-state index is 0.0109. The van der Waals surface area contributed by atoms with Crippen molar-refractivity contribution >= 4 is 29.0 Å². The maximum Gasteiger partial charge on any atom is 0.255 e. The third-order valence-corrected chi connectivity index (χ3v) is 5.52. The molecule has 0 saturated carbocycles. The SMILES string of the molecule is CC(C)(C)CC(=O)N1CCN(c2ncccc2C(=O)NCc2cccs2)CC1. The average molecular weight is 401 g/mol. The van der Waals surface area contributed by atoms with Gasteiger partial charge in [-0.25, -0.2) is 4.98 Å². The Balaban J connectivity index is 1.62. The molecule has 0 atom stereocenters. The summed E-state index contributed by atoms with van der Waals surface area (Å²) in [6, 6.07) is 7.57. The second-order valence-electron chi connectivity index (χ2n) is 8.24. The van der Waals surface area contributed by atoms with E-state index in [9.17, 15) is 9.59 Å². The zero-order chi connectivity index (χ0) is 20.1. The van der Waals surface area contributed by atoms with Crippen LogP contribution >= 0.6 is 11.3 Å². The number of hydrogen-bond acceptors (Lipinski definition) is 5. The van der Waals surface area contributed by atoms with Gasteiger partial charge in [-0.2, -0.15) is 0 Å². The molecule has 6 nitrogen and oxygen atoms in total. The first-order valence-corrected chi connectivity index (χ1v) is 10.5. The molecular formula is C21H28N4O2S. The summed E-state index contributed by atoms with van der Waals surface area (Å²) in [4.78, 5) is 34.7. The van der Waals surface area contributed by atoms with Gasteiger partial charge in [0.05, 0.1) is 12.1 Å². The molecule has 0 spiro atoms. The summed E-state index contributed by atoms with van der Waals surface area (Å²) in [7, 11) is 0. The van der Waals surface area contributed by atoms with Gasteiger partial charge in [0.25, 0.3) is 5.91 Å². The molecule has 0 bridgehead atoms. The summed E-state index contributed by atoms with van der Waals surface area (Å²) in [5.74, 6) is 0.763. The van der Waals surface area contributed by atoms with Crippen LogP contribution in [0.2, 0.25) is 0 Å². The normalized spacial score (nSPS) is 14.8. The summed E-state index contributed by atoms with van der Waals surface area (Å²) >= 11 is 1.62. The first kappa shape index (κ1) is 20.3. The van der Waals surface area contributed by atoms with E-state index in [1.165, 1.54) is 0 Å². The van der Waals surface area contributed by atoms with Crippen molar-refractivity contribution in [1.82, 2.24) is 15.2 Å². The number of amides is 2. The number of carbonyl (C=O) groups excluding carboxylic acids is 2. The van der Waals surface area contributed by atoms with E-state index in [2.05, 4.69) is 36.0 Å². The molecule has 3 heterocycles. The van der Waals surface area contributed by atoms with Gasteiger partial charge < -0.3 is 15.1 Å². The maximum atomic E-state index is 12.7. The van der Waals surface area contributed by atoms with Crippen LogP contribution in [0.4, 0.5) is 5.82 Å². The molecule has 3 rings (SSSR count). The highest BCUT2D eigenvalue weighted by molar-refractivity contribution is 7.09. The standard InChI is InChI=1S/C21H28N4O2S/c1-21(2,3)14-18(26)24-9-11-25(12-10-24)19-17(7-4-8-22-19)20(27)23-15-16-6-5-13-28-16/h4-8,13H,9-12,14-15H2,1-3H3,(H,23,27). The fourth-order valence-electron chi connectivity index (χ4n) is 3.24. The van der Waals surface area contributed by atoms with Crippen molar-refractivity contribution in [3.8, 4) is 0 Å². The average Bonchev–Trinajstić information content (AvgIpc) is 3.18. The Hall–Kier alpha value is -2.41. The molecule has 0 aromatic carbocycles. The van der Waals surface area contributed by atoms with E-state index in [0.717, 1.165) is 4.88 Å². The molecule has 1 saturated heterocycles. The lowest BCUT2D eigenvalue weighted by molar-refractivity contribution is -0.133. The van der Waals surface area contributed by atoms with E-state index < -0.39 is 0 Å². The van der Waals surface area contributed by atoms with Crippen LogP contribution < -0.4 is 10.2 Å². The number of pyridine rings is 1. The van der Waals surface area contributed by atoms with Crippen LogP contribution in [0.1, 0.15) is 42.4 Å². The lowest BCUT2D eigenvalue weighted by atomic mass is 9.91. The number of piperazine rings is 1. The van der Waals surface area contributed by atoms with Crippen LogP contribution in [0, 0.1) is 5.41 Å². The molecule has 0 radical (unpaired) electrons. The molecule has 2 aromatic rings. The fourth-order valence-corrected chi connectivity index (χ4v) is 3.88. The van der Waals surface area contributed by atoms with E-state index in [1.54, 1.807) is 23.6 Å². The molecule has 2 aromatic heterocycles. The summed E-state index contributed by atoms with van der Waals surface area (Å²) in [5, 5.41) is 4.97. The third kappa shape index (κ3) is 5.32. The molecular weight excluding hydrogens is 372 g/mol. The van der Waals surface area contributed by atoms with Gasteiger partial charge in [-0.15, -0.1) is 11.3 Å². The largest absolute Gasteiger partial charge is 0.352 e. The number of carbonyl (C=O) groups is 2. The molecule has 2 amide bonds. The first-order chi connectivity index (χ1) is 13.3. The van der Waals surface area contributed by atoms with Crippen LogP contribution in [-0.4, -0.2) is 47.9 Å². The first-order valence-electron chi connectivity index (χ1n) is 9.62. The van der Waals surface area contributed by atoms with Gasteiger partial charge in [-0.1, -0.05) is 26.8 Å². The Bertz CT molecular complexity index is 806. The number of nitrogens with zero attached hydrogens (tertiary/aromatic N) is 3. The van der Waals surface area contributed by atoms with Crippen LogP contribution in [0.3, 0.4) is 0 Å². The summed E-state index contributed by atoms with van der Waals surface area (Å²) in [6.07, 6.45) is 2.26. The van der Waals surface area contributed by atoms with Crippen LogP contribution in [0.5, 0.6) is 0 Å². The van der Waals surface area contributed by atoms with Crippen LogP contribution in [0.15, 0.2) is 35.8 Å². The number of thiophene rings is 1. The van der Waals surface area contributed by atoms with Gasteiger partial charge in [-0.3, -0.25) is 9.59 Å². The number of hydrogen-bond donors (Lipinski definition) is 1. The minimum atomic E-state index is -0.122. The van der Waals surface area contributed by atoms with E-state index >= 15 is 0 Å². The van der Waals surface area contributed by atoms with Gasteiger partial charge in [0.2, 0.25) is 5.91 Å². The number of rotatable bonds is 5. The molecule has 1 N–H and O–H groups in total. The summed E-state index contributed by atoms with van der Waals surface area (Å²) < 4.78 is 0. The number of aromatic nitrogens is 1. The van der Waals surface area contributed by atoms with Gasteiger partial charge in [0, 0.05) is 43.7 Å². The lowest BCUT2D eigenvalue weighted by Crippen LogP contribution is -2.50. The van der Waals surface area contributed by atoms with Gasteiger partial charge in [-0.05, 0) is 29.0 Å². The van der Waals surface area contributed by atoms with Crippen molar-refractivity contribution < 1.29 is 9.59 Å². The van der Waals surface area contributed by atoms with E-state index in [1.807, 2.05) is 28.5 Å². The highest BCUT2D eigenvalue weighted by Crippen LogP contribution is 2.23.